The van der Waals surface area contributed by atoms with E-state index in [4.69, 9.17) is 4.74 Å². The highest BCUT2D eigenvalue weighted by Gasteiger charge is 2.42. The van der Waals surface area contributed by atoms with E-state index in [9.17, 15) is 4.79 Å². The Morgan fingerprint density at radius 1 is 1.27 bits per heavy atom. The third-order valence-corrected chi connectivity index (χ3v) is 5.63. The lowest BCUT2D eigenvalue weighted by atomic mass is 9.96. The van der Waals surface area contributed by atoms with Crippen LogP contribution in [0.15, 0.2) is 35.3 Å². The highest BCUT2D eigenvalue weighted by molar-refractivity contribution is 5.80. The van der Waals surface area contributed by atoms with Crippen molar-refractivity contribution in [3.8, 4) is 0 Å². The van der Waals surface area contributed by atoms with Crippen molar-refractivity contribution in [3.63, 3.8) is 0 Å². The predicted molar refractivity (Wildman–Crippen MR) is 104 cm³/mol. The minimum atomic E-state index is -0.0464. The number of hydrogen-bond donors (Lipinski definition) is 1. The molecule has 26 heavy (non-hydrogen) atoms. The molecule has 1 aromatic rings. The Bertz CT molecular complexity index is 617. The number of nitrogens with zero attached hydrogens (tertiary/aromatic N) is 2. The summed E-state index contributed by atoms with van der Waals surface area (Å²) in [6.45, 7) is 5.00. The van der Waals surface area contributed by atoms with E-state index in [1.54, 1.807) is 0 Å². The molecule has 5 heteroatoms. The summed E-state index contributed by atoms with van der Waals surface area (Å²) in [5.41, 5.74) is 1.79. The van der Waals surface area contributed by atoms with Crippen LogP contribution in [-0.4, -0.2) is 50.1 Å². The lowest BCUT2D eigenvalue weighted by Gasteiger charge is -2.34. The first-order valence-corrected chi connectivity index (χ1v) is 9.82. The van der Waals surface area contributed by atoms with E-state index < -0.39 is 0 Å². The number of rotatable bonds is 6. The van der Waals surface area contributed by atoms with E-state index in [0.29, 0.717) is 12.0 Å². The van der Waals surface area contributed by atoms with Crippen LogP contribution in [0.2, 0.25) is 0 Å². The fraction of sp³-hybridized carbons (Fsp3) is 0.619. The van der Waals surface area contributed by atoms with E-state index in [2.05, 4.69) is 45.5 Å². The normalized spacial score (nSPS) is 19.9. The monoisotopic (exact) mass is 357 g/mol. The molecule has 1 aliphatic carbocycles. The summed E-state index contributed by atoms with van der Waals surface area (Å²) in [7, 11) is 1.84. The molecule has 0 aromatic heterocycles. The Hall–Kier alpha value is -2.04. The molecule has 1 N–H and O–H groups in total. The first-order valence-electron chi connectivity index (χ1n) is 9.82. The number of piperidine rings is 1. The van der Waals surface area contributed by atoms with Crippen LogP contribution in [0.3, 0.4) is 0 Å². The molecule has 3 rings (SSSR count). The van der Waals surface area contributed by atoms with Crippen LogP contribution in [0.4, 0.5) is 0 Å². The molecular formula is C21H31N3O2. The van der Waals surface area contributed by atoms with E-state index in [-0.39, 0.29) is 11.9 Å². The molecule has 1 heterocycles. The van der Waals surface area contributed by atoms with Gasteiger partial charge in [-0.3, -0.25) is 9.79 Å². The van der Waals surface area contributed by atoms with E-state index in [1.807, 2.05) is 14.0 Å². The topological polar surface area (TPSA) is 53.9 Å². The summed E-state index contributed by atoms with van der Waals surface area (Å²) >= 11 is 0. The van der Waals surface area contributed by atoms with Gasteiger partial charge >= 0.3 is 5.97 Å². The third kappa shape index (κ3) is 4.77. The molecule has 1 aromatic carbocycles. The molecule has 2 aliphatic rings. The zero-order valence-electron chi connectivity index (χ0n) is 16.0. The third-order valence-electron chi connectivity index (χ3n) is 5.63. The first kappa shape index (κ1) is 18.7. The maximum absolute atomic E-state index is 11.9. The molecule has 0 spiro atoms. The standard InChI is InChI=1S/C21H31N3O2/c1-3-26-19(25)18-9-13-24(14-10-18)20(22-2)23-16-21(11-12-21)15-17-7-5-4-6-8-17/h4-8,18H,3,9-16H2,1-2H3,(H,22,23). The number of hydrogen-bond acceptors (Lipinski definition) is 3. The molecule has 0 bridgehead atoms. The van der Waals surface area contributed by atoms with Gasteiger partial charge in [-0.1, -0.05) is 30.3 Å². The molecule has 5 nitrogen and oxygen atoms in total. The lowest BCUT2D eigenvalue weighted by molar-refractivity contribution is -0.149. The van der Waals surface area contributed by atoms with Crippen molar-refractivity contribution in [2.45, 2.75) is 39.0 Å². The Balaban J connectivity index is 1.48. The van der Waals surface area contributed by atoms with Crippen molar-refractivity contribution in [2.75, 3.05) is 33.3 Å². The minimum absolute atomic E-state index is 0.0390. The maximum Gasteiger partial charge on any atom is 0.309 e. The van der Waals surface area contributed by atoms with Crippen LogP contribution in [-0.2, 0) is 16.0 Å². The number of guanidine groups is 1. The fourth-order valence-electron chi connectivity index (χ4n) is 3.81. The van der Waals surface area contributed by atoms with Crippen LogP contribution in [0, 0.1) is 11.3 Å². The predicted octanol–water partition coefficient (Wildman–Crippen LogP) is 2.86. The molecule has 142 valence electrons. The van der Waals surface area contributed by atoms with Crippen molar-refractivity contribution >= 4 is 11.9 Å². The Morgan fingerprint density at radius 3 is 2.54 bits per heavy atom. The highest BCUT2D eigenvalue weighted by atomic mass is 16.5. The Morgan fingerprint density at radius 2 is 1.96 bits per heavy atom. The second-order valence-corrected chi connectivity index (χ2v) is 7.58. The van der Waals surface area contributed by atoms with E-state index in [0.717, 1.165) is 44.9 Å². The SMILES string of the molecule is CCOC(=O)C1CCN(C(=NC)NCC2(Cc3ccccc3)CC2)CC1. The van der Waals surface area contributed by atoms with Crippen LogP contribution in [0.5, 0.6) is 0 Å². The molecule has 1 aliphatic heterocycles. The number of carbonyl (C=O) groups is 1. The van der Waals surface area contributed by atoms with Crippen molar-refractivity contribution in [1.82, 2.24) is 10.2 Å². The molecule has 1 saturated carbocycles. The highest BCUT2D eigenvalue weighted by Crippen LogP contribution is 2.47. The number of ether oxygens (including phenoxy) is 1. The number of nitrogens with one attached hydrogen (secondary N) is 1. The molecule has 0 unspecified atom stereocenters. The van der Waals surface area contributed by atoms with Gasteiger partial charge in [0.25, 0.3) is 0 Å². The summed E-state index contributed by atoms with van der Waals surface area (Å²) in [6, 6.07) is 10.7. The van der Waals surface area contributed by atoms with Gasteiger partial charge in [0.15, 0.2) is 5.96 Å². The van der Waals surface area contributed by atoms with Crippen molar-refractivity contribution in [2.24, 2.45) is 16.3 Å². The largest absolute Gasteiger partial charge is 0.466 e. The van der Waals surface area contributed by atoms with Crippen LogP contribution < -0.4 is 5.32 Å². The Labute approximate surface area is 156 Å². The Kier molecular flexibility index (Phi) is 6.17. The summed E-state index contributed by atoms with van der Waals surface area (Å²) in [5.74, 6) is 0.957. The number of likely N-dealkylation sites (tertiary alicyclic amines) is 1. The number of benzene rings is 1. The molecular weight excluding hydrogens is 326 g/mol. The van der Waals surface area contributed by atoms with Gasteiger partial charge in [-0.25, -0.2) is 0 Å². The van der Waals surface area contributed by atoms with Gasteiger partial charge in [-0.15, -0.1) is 0 Å². The first-order chi connectivity index (χ1) is 12.7. The van der Waals surface area contributed by atoms with Gasteiger partial charge in [0, 0.05) is 26.7 Å². The number of esters is 1. The second-order valence-electron chi connectivity index (χ2n) is 7.58. The fourth-order valence-corrected chi connectivity index (χ4v) is 3.81. The summed E-state index contributed by atoms with van der Waals surface area (Å²) in [4.78, 5) is 18.6. The maximum atomic E-state index is 11.9. The van der Waals surface area contributed by atoms with Crippen molar-refractivity contribution < 1.29 is 9.53 Å². The minimum Gasteiger partial charge on any atom is -0.466 e. The van der Waals surface area contributed by atoms with Crippen LogP contribution in [0.1, 0.15) is 38.2 Å². The second kappa shape index (κ2) is 8.56. The molecule has 1 saturated heterocycles. The average molecular weight is 357 g/mol. The van der Waals surface area contributed by atoms with E-state index >= 15 is 0 Å². The van der Waals surface area contributed by atoms with E-state index in [1.165, 1.54) is 18.4 Å². The summed E-state index contributed by atoms with van der Waals surface area (Å²) in [5, 5.41) is 3.59. The lowest BCUT2D eigenvalue weighted by Crippen LogP contribution is -2.48. The van der Waals surface area contributed by atoms with Crippen molar-refractivity contribution in [1.29, 1.82) is 0 Å². The number of aliphatic imine (C=N–C) groups is 1. The average Bonchev–Trinajstić information content (AvgIpc) is 3.43. The quantitative estimate of drug-likeness (QED) is 0.483. The molecule has 0 atom stereocenters. The van der Waals surface area contributed by atoms with Crippen molar-refractivity contribution in [3.05, 3.63) is 35.9 Å². The van der Waals surface area contributed by atoms with Gasteiger partial charge in [0.2, 0.25) is 0 Å². The molecule has 0 radical (unpaired) electrons. The van der Waals surface area contributed by atoms with Gasteiger partial charge < -0.3 is 15.0 Å². The van der Waals surface area contributed by atoms with Crippen LogP contribution >= 0.6 is 0 Å². The van der Waals surface area contributed by atoms with Gasteiger partial charge in [0.05, 0.1) is 12.5 Å². The van der Waals surface area contributed by atoms with Gasteiger partial charge in [0.1, 0.15) is 0 Å². The summed E-state index contributed by atoms with van der Waals surface area (Å²) in [6.07, 6.45) is 5.36. The zero-order chi connectivity index (χ0) is 18.4. The molecule has 2 fully saturated rings. The zero-order valence-corrected chi connectivity index (χ0v) is 16.0. The van der Waals surface area contributed by atoms with Gasteiger partial charge in [-0.2, -0.15) is 0 Å². The molecule has 0 amide bonds. The smallest absolute Gasteiger partial charge is 0.309 e. The van der Waals surface area contributed by atoms with Crippen LogP contribution in [0.25, 0.3) is 0 Å². The number of carbonyl (C=O) groups excluding carboxylic acids is 1. The summed E-state index contributed by atoms with van der Waals surface area (Å²) < 4.78 is 5.16. The van der Waals surface area contributed by atoms with Gasteiger partial charge in [-0.05, 0) is 50.0 Å².